The number of carbonyl (C=O) groups is 1. The fourth-order valence-corrected chi connectivity index (χ4v) is 2.61. The van der Waals surface area contributed by atoms with Gasteiger partial charge in [-0.25, -0.2) is 4.79 Å². The first-order chi connectivity index (χ1) is 10.1. The zero-order chi connectivity index (χ0) is 15.5. The summed E-state index contributed by atoms with van der Waals surface area (Å²) in [4.78, 5) is 11.5. The molecule has 2 N–H and O–H groups in total. The maximum Gasteiger partial charge on any atom is 0.358 e. The van der Waals surface area contributed by atoms with Crippen molar-refractivity contribution in [2.45, 2.75) is 45.6 Å². The molecule has 1 aromatic heterocycles. The van der Waals surface area contributed by atoms with Gasteiger partial charge >= 0.3 is 5.97 Å². The lowest BCUT2D eigenvalue weighted by atomic mass is 9.89. The molecule has 112 valence electrons. The van der Waals surface area contributed by atoms with E-state index < -0.39 is 5.97 Å². The summed E-state index contributed by atoms with van der Waals surface area (Å²) in [6.07, 6.45) is 2.74. The van der Waals surface area contributed by atoms with Crippen LogP contribution in [0, 0.1) is 0 Å². The zero-order valence-electron chi connectivity index (χ0n) is 12.7. The first kappa shape index (κ1) is 15.2. The summed E-state index contributed by atoms with van der Waals surface area (Å²) in [5.74, 6) is -1.06. The van der Waals surface area contributed by atoms with Gasteiger partial charge in [-0.05, 0) is 25.3 Å². The van der Waals surface area contributed by atoms with Gasteiger partial charge in [0.1, 0.15) is 0 Å². The number of carboxylic acids is 1. The first-order valence-corrected chi connectivity index (χ1v) is 7.33. The van der Waals surface area contributed by atoms with Crippen molar-refractivity contribution in [1.29, 1.82) is 0 Å². The largest absolute Gasteiger partial charge is 0.476 e. The maximum absolute atomic E-state index is 11.5. The van der Waals surface area contributed by atoms with Crippen LogP contribution in [0.5, 0.6) is 0 Å². The van der Waals surface area contributed by atoms with Crippen LogP contribution >= 0.6 is 0 Å². The summed E-state index contributed by atoms with van der Waals surface area (Å²) in [5, 5.41) is 21.5. The highest BCUT2D eigenvalue weighted by Crippen LogP contribution is 2.31. The minimum atomic E-state index is -1.06. The average molecular weight is 287 g/mol. The van der Waals surface area contributed by atoms with Crippen LogP contribution in [0.4, 0.5) is 5.69 Å². The molecule has 0 radical (unpaired) electrons. The van der Waals surface area contributed by atoms with Crippen LogP contribution in [0.15, 0.2) is 24.3 Å². The predicted molar refractivity (Wildman–Crippen MR) is 83.7 cm³/mol. The molecule has 0 saturated heterocycles. The number of aromatic nitrogens is 2. The number of hydrogen-bond acceptors (Lipinski definition) is 4. The molecule has 0 aliphatic carbocycles. The SMILES string of the molecule is CCC(CC)(CC)Nc1c(C(=O)O)nnc2ccccc12. The monoisotopic (exact) mass is 287 g/mol. The molecule has 1 aromatic carbocycles. The van der Waals surface area contributed by atoms with E-state index in [0.717, 1.165) is 24.6 Å². The third kappa shape index (κ3) is 2.82. The van der Waals surface area contributed by atoms with Crippen molar-refractivity contribution < 1.29 is 9.90 Å². The van der Waals surface area contributed by atoms with Crippen LogP contribution in [-0.4, -0.2) is 26.8 Å². The summed E-state index contributed by atoms with van der Waals surface area (Å²) < 4.78 is 0. The molecule has 0 saturated carbocycles. The van der Waals surface area contributed by atoms with Gasteiger partial charge in [-0.3, -0.25) is 0 Å². The Bertz CT molecular complexity index is 643. The Morgan fingerprint density at radius 2 is 1.76 bits per heavy atom. The minimum absolute atomic E-state index is 0.0200. The van der Waals surface area contributed by atoms with E-state index in [2.05, 4.69) is 36.3 Å². The summed E-state index contributed by atoms with van der Waals surface area (Å²) in [6.45, 7) is 6.33. The Kier molecular flexibility index (Phi) is 4.40. The van der Waals surface area contributed by atoms with Gasteiger partial charge in [0.15, 0.2) is 5.69 Å². The number of benzene rings is 1. The third-order valence-corrected chi connectivity index (χ3v) is 4.29. The summed E-state index contributed by atoms with van der Waals surface area (Å²) in [5.41, 5.74) is 1.12. The van der Waals surface area contributed by atoms with Crippen LogP contribution in [0.2, 0.25) is 0 Å². The van der Waals surface area contributed by atoms with E-state index in [9.17, 15) is 9.90 Å². The van der Waals surface area contributed by atoms with Crippen LogP contribution in [-0.2, 0) is 0 Å². The summed E-state index contributed by atoms with van der Waals surface area (Å²) >= 11 is 0. The van der Waals surface area contributed by atoms with E-state index in [0.29, 0.717) is 11.2 Å². The number of nitrogens with zero attached hydrogens (tertiary/aromatic N) is 2. The second-order valence-electron chi connectivity index (χ2n) is 5.21. The molecule has 0 aliphatic rings. The van der Waals surface area contributed by atoms with Gasteiger partial charge in [-0.2, -0.15) is 0 Å². The molecule has 0 unspecified atom stereocenters. The molecule has 0 fully saturated rings. The van der Waals surface area contributed by atoms with Gasteiger partial charge in [-0.15, -0.1) is 10.2 Å². The normalized spacial score (nSPS) is 11.6. The van der Waals surface area contributed by atoms with Crippen molar-refractivity contribution in [3.63, 3.8) is 0 Å². The Morgan fingerprint density at radius 1 is 1.14 bits per heavy atom. The topological polar surface area (TPSA) is 75.1 Å². The number of hydrogen-bond donors (Lipinski definition) is 2. The van der Waals surface area contributed by atoms with Gasteiger partial charge in [0.05, 0.1) is 11.2 Å². The molecule has 2 rings (SSSR count). The van der Waals surface area contributed by atoms with Gasteiger partial charge in [-0.1, -0.05) is 39.0 Å². The van der Waals surface area contributed by atoms with Crippen LogP contribution < -0.4 is 5.32 Å². The standard InChI is InChI=1S/C16H21N3O2/c1-4-16(5-2,6-3)17-13-11-9-7-8-10-12(11)18-19-14(13)15(20)21/h7-10H,4-6H2,1-3H3,(H,17,18)(H,20,21). The Hall–Kier alpha value is -2.17. The third-order valence-electron chi connectivity index (χ3n) is 4.29. The predicted octanol–water partition coefficient (Wildman–Crippen LogP) is 3.71. The molecule has 0 amide bonds. The smallest absolute Gasteiger partial charge is 0.358 e. The molecule has 21 heavy (non-hydrogen) atoms. The lowest BCUT2D eigenvalue weighted by Crippen LogP contribution is -2.37. The highest BCUT2D eigenvalue weighted by atomic mass is 16.4. The Labute approximate surface area is 124 Å². The molecule has 5 nitrogen and oxygen atoms in total. The lowest BCUT2D eigenvalue weighted by molar-refractivity contribution is 0.0690. The summed E-state index contributed by atoms with van der Waals surface area (Å²) in [7, 11) is 0. The lowest BCUT2D eigenvalue weighted by Gasteiger charge is -2.33. The molecule has 0 aliphatic heterocycles. The molecule has 0 spiro atoms. The van der Waals surface area contributed by atoms with Gasteiger partial charge < -0.3 is 10.4 Å². The molecule has 0 atom stereocenters. The maximum atomic E-state index is 11.5. The van der Waals surface area contributed by atoms with E-state index in [1.807, 2.05) is 24.3 Å². The first-order valence-electron chi connectivity index (χ1n) is 7.33. The number of anilines is 1. The van der Waals surface area contributed by atoms with E-state index in [1.54, 1.807) is 0 Å². The quantitative estimate of drug-likeness (QED) is 0.847. The van der Waals surface area contributed by atoms with Crippen molar-refractivity contribution in [2.75, 3.05) is 5.32 Å². The van der Waals surface area contributed by atoms with Gasteiger partial charge in [0.2, 0.25) is 0 Å². The second-order valence-corrected chi connectivity index (χ2v) is 5.21. The van der Waals surface area contributed by atoms with Crippen LogP contribution in [0.25, 0.3) is 10.9 Å². The molecule has 5 heteroatoms. The molecule has 1 heterocycles. The van der Waals surface area contributed by atoms with Crippen molar-refractivity contribution >= 4 is 22.6 Å². The van der Waals surface area contributed by atoms with E-state index >= 15 is 0 Å². The summed E-state index contributed by atoms with van der Waals surface area (Å²) in [6, 6.07) is 7.47. The molecular weight excluding hydrogens is 266 g/mol. The Morgan fingerprint density at radius 3 is 2.33 bits per heavy atom. The second kappa shape index (κ2) is 6.08. The fourth-order valence-electron chi connectivity index (χ4n) is 2.61. The highest BCUT2D eigenvalue weighted by molar-refractivity contribution is 6.02. The number of nitrogens with one attached hydrogen (secondary N) is 1. The van der Waals surface area contributed by atoms with Crippen LogP contribution in [0.1, 0.15) is 50.5 Å². The molecule has 0 bridgehead atoms. The number of rotatable bonds is 6. The van der Waals surface area contributed by atoms with E-state index in [1.165, 1.54) is 0 Å². The Balaban J connectivity index is 2.64. The van der Waals surface area contributed by atoms with Crippen molar-refractivity contribution in [3.05, 3.63) is 30.0 Å². The van der Waals surface area contributed by atoms with Crippen molar-refractivity contribution in [3.8, 4) is 0 Å². The van der Waals surface area contributed by atoms with Crippen molar-refractivity contribution in [2.24, 2.45) is 0 Å². The number of fused-ring (bicyclic) bond motifs is 1. The van der Waals surface area contributed by atoms with Gasteiger partial charge in [0, 0.05) is 10.9 Å². The van der Waals surface area contributed by atoms with Crippen molar-refractivity contribution in [1.82, 2.24) is 10.2 Å². The molecule has 2 aromatic rings. The number of aromatic carboxylic acids is 1. The zero-order valence-corrected chi connectivity index (χ0v) is 12.7. The van der Waals surface area contributed by atoms with E-state index in [4.69, 9.17) is 0 Å². The van der Waals surface area contributed by atoms with E-state index in [-0.39, 0.29) is 11.2 Å². The molecular formula is C16H21N3O2. The minimum Gasteiger partial charge on any atom is -0.476 e. The average Bonchev–Trinajstić information content (AvgIpc) is 2.52. The number of carboxylic acid groups (broad SMARTS) is 1. The highest BCUT2D eigenvalue weighted by Gasteiger charge is 2.27. The van der Waals surface area contributed by atoms with Crippen LogP contribution in [0.3, 0.4) is 0 Å². The fraction of sp³-hybridized carbons (Fsp3) is 0.438. The van der Waals surface area contributed by atoms with Gasteiger partial charge in [0.25, 0.3) is 0 Å².